The minimum Gasteiger partial charge on any atom is -0.481 e. The average Bonchev–Trinajstić information content (AvgIpc) is 2.33. The second-order valence-electron chi connectivity index (χ2n) is 4.14. The smallest absolute Gasteiger partial charge is 0.416 e. The summed E-state index contributed by atoms with van der Waals surface area (Å²) in [6, 6.07) is 2.78. The number of carboxylic acids is 1. The molecule has 0 aliphatic carbocycles. The molecule has 0 radical (unpaired) electrons. The van der Waals surface area contributed by atoms with Crippen LogP contribution in [0, 0.1) is 0 Å². The number of fused-ring (bicyclic) bond motifs is 1. The molecule has 0 fully saturated rings. The number of carbonyl (C=O) groups is 1. The van der Waals surface area contributed by atoms with Gasteiger partial charge in [0.05, 0.1) is 17.5 Å². The molecule has 0 saturated carbocycles. The van der Waals surface area contributed by atoms with Gasteiger partial charge in [0.2, 0.25) is 0 Å². The molecule has 0 amide bonds. The Morgan fingerprint density at radius 2 is 2.05 bits per heavy atom. The minimum absolute atomic E-state index is 0.0785. The molecular formula is C12H9F3N2O3. The molecule has 2 rings (SSSR count). The fourth-order valence-corrected chi connectivity index (χ4v) is 1.81. The number of alkyl halides is 3. The van der Waals surface area contributed by atoms with Gasteiger partial charge in [-0.05, 0) is 24.6 Å². The van der Waals surface area contributed by atoms with Gasteiger partial charge in [0.25, 0.3) is 0 Å². The van der Waals surface area contributed by atoms with E-state index in [0.29, 0.717) is 0 Å². The van der Waals surface area contributed by atoms with Gasteiger partial charge < -0.3 is 10.1 Å². The van der Waals surface area contributed by atoms with Gasteiger partial charge in [-0.2, -0.15) is 18.2 Å². The van der Waals surface area contributed by atoms with Crippen LogP contribution in [0.1, 0.15) is 17.7 Å². The molecule has 1 heterocycles. The van der Waals surface area contributed by atoms with E-state index in [9.17, 15) is 22.8 Å². The van der Waals surface area contributed by atoms with E-state index in [1.807, 2.05) is 0 Å². The van der Waals surface area contributed by atoms with E-state index in [1.165, 1.54) is 0 Å². The number of aliphatic carboxylic acids is 1. The zero-order valence-electron chi connectivity index (χ0n) is 9.99. The largest absolute Gasteiger partial charge is 0.481 e. The van der Waals surface area contributed by atoms with Gasteiger partial charge in [-0.3, -0.25) is 4.79 Å². The first-order valence-electron chi connectivity index (χ1n) is 5.59. The van der Waals surface area contributed by atoms with Gasteiger partial charge in [-0.15, -0.1) is 0 Å². The molecule has 106 valence electrons. The molecule has 0 spiro atoms. The number of halogens is 3. The summed E-state index contributed by atoms with van der Waals surface area (Å²) in [5.74, 6) is -1.11. The van der Waals surface area contributed by atoms with Crippen molar-refractivity contribution in [3.05, 3.63) is 39.9 Å². The Labute approximate surface area is 110 Å². The van der Waals surface area contributed by atoms with Crippen molar-refractivity contribution in [2.75, 3.05) is 0 Å². The summed E-state index contributed by atoms with van der Waals surface area (Å²) in [5, 5.41) is 8.71. The van der Waals surface area contributed by atoms with E-state index in [0.717, 1.165) is 18.2 Å². The quantitative estimate of drug-likeness (QED) is 0.903. The number of aryl methyl sites for hydroxylation is 1. The topological polar surface area (TPSA) is 83.0 Å². The van der Waals surface area contributed by atoms with Crippen molar-refractivity contribution in [3.63, 3.8) is 0 Å². The highest BCUT2D eigenvalue weighted by atomic mass is 19.4. The summed E-state index contributed by atoms with van der Waals surface area (Å²) in [5.41, 5.74) is -1.37. The summed E-state index contributed by atoms with van der Waals surface area (Å²) in [6.45, 7) is 0. The van der Waals surface area contributed by atoms with E-state index in [1.54, 1.807) is 0 Å². The summed E-state index contributed by atoms with van der Waals surface area (Å²) < 4.78 is 38.0. The Hall–Kier alpha value is -2.38. The monoisotopic (exact) mass is 286 g/mol. The number of hydrogen-bond donors (Lipinski definition) is 2. The van der Waals surface area contributed by atoms with Crippen molar-refractivity contribution >= 4 is 16.9 Å². The van der Waals surface area contributed by atoms with E-state index >= 15 is 0 Å². The molecule has 5 nitrogen and oxygen atoms in total. The summed E-state index contributed by atoms with van der Waals surface area (Å²) >= 11 is 0. The molecule has 1 aromatic heterocycles. The molecule has 20 heavy (non-hydrogen) atoms. The first-order valence-corrected chi connectivity index (χ1v) is 5.59. The lowest BCUT2D eigenvalue weighted by Crippen LogP contribution is -2.15. The van der Waals surface area contributed by atoms with Crippen molar-refractivity contribution in [2.24, 2.45) is 0 Å². The van der Waals surface area contributed by atoms with Crippen molar-refractivity contribution in [2.45, 2.75) is 19.0 Å². The van der Waals surface area contributed by atoms with Gasteiger partial charge >= 0.3 is 17.8 Å². The fourth-order valence-electron chi connectivity index (χ4n) is 1.81. The summed E-state index contributed by atoms with van der Waals surface area (Å²) in [7, 11) is 0. The Balaban J connectivity index is 2.59. The summed E-state index contributed by atoms with van der Waals surface area (Å²) in [4.78, 5) is 27.7. The van der Waals surface area contributed by atoms with Crippen LogP contribution in [-0.2, 0) is 17.4 Å². The van der Waals surface area contributed by atoms with Crippen LogP contribution in [0.2, 0.25) is 0 Å². The molecule has 0 aliphatic rings. The third-order valence-corrected chi connectivity index (χ3v) is 2.72. The maximum absolute atomic E-state index is 12.7. The fraction of sp³-hybridized carbons (Fsp3) is 0.250. The number of nitrogens with zero attached hydrogens (tertiary/aromatic N) is 1. The van der Waals surface area contributed by atoms with Crippen LogP contribution in [-0.4, -0.2) is 21.0 Å². The average molecular weight is 286 g/mol. The second kappa shape index (κ2) is 4.95. The van der Waals surface area contributed by atoms with Crippen LogP contribution >= 0.6 is 0 Å². The van der Waals surface area contributed by atoms with Gasteiger partial charge in [0.1, 0.15) is 0 Å². The number of carboxylic acid groups (broad SMARTS) is 1. The van der Waals surface area contributed by atoms with Crippen LogP contribution < -0.4 is 5.69 Å². The molecule has 0 aliphatic heterocycles. The Morgan fingerprint density at radius 1 is 1.35 bits per heavy atom. The Kier molecular flexibility index (Phi) is 3.47. The predicted octanol–water partition coefficient (Wildman–Crippen LogP) is 1.96. The van der Waals surface area contributed by atoms with Crippen molar-refractivity contribution < 1.29 is 23.1 Å². The highest BCUT2D eigenvalue weighted by Gasteiger charge is 2.30. The molecule has 1 aromatic carbocycles. The van der Waals surface area contributed by atoms with Gasteiger partial charge in [-0.1, -0.05) is 0 Å². The highest BCUT2D eigenvalue weighted by Crippen LogP contribution is 2.31. The van der Waals surface area contributed by atoms with Crippen LogP contribution in [0.15, 0.2) is 23.0 Å². The minimum atomic E-state index is -4.52. The Bertz CT molecular complexity index is 722. The van der Waals surface area contributed by atoms with E-state index < -0.39 is 23.4 Å². The number of H-pyrrole nitrogens is 1. The van der Waals surface area contributed by atoms with E-state index in [4.69, 9.17) is 5.11 Å². The summed E-state index contributed by atoms with van der Waals surface area (Å²) in [6.07, 6.45) is -4.90. The number of hydrogen-bond acceptors (Lipinski definition) is 3. The van der Waals surface area contributed by atoms with Crippen LogP contribution in [0.4, 0.5) is 13.2 Å². The SMILES string of the molecule is O=C(O)CCc1[nH]c(=O)nc2ccc(C(F)(F)F)cc12. The molecular weight excluding hydrogens is 277 g/mol. The molecule has 2 aromatic rings. The Morgan fingerprint density at radius 3 is 2.65 bits per heavy atom. The second-order valence-corrected chi connectivity index (χ2v) is 4.14. The normalized spacial score (nSPS) is 11.8. The van der Waals surface area contributed by atoms with Gasteiger partial charge in [-0.25, -0.2) is 4.79 Å². The van der Waals surface area contributed by atoms with Crippen molar-refractivity contribution in [1.82, 2.24) is 9.97 Å². The molecule has 0 saturated heterocycles. The number of benzene rings is 1. The number of aromatic nitrogens is 2. The van der Waals surface area contributed by atoms with Crippen molar-refractivity contribution in [1.29, 1.82) is 0 Å². The van der Waals surface area contributed by atoms with Gasteiger partial charge in [0, 0.05) is 11.1 Å². The first-order chi connectivity index (χ1) is 9.27. The van der Waals surface area contributed by atoms with Gasteiger partial charge in [0.15, 0.2) is 0 Å². The van der Waals surface area contributed by atoms with E-state index in [2.05, 4.69) is 9.97 Å². The molecule has 8 heteroatoms. The van der Waals surface area contributed by atoms with Crippen LogP contribution in [0.3, 0.4) is 0 Å². The number of nitrogens with one attached hydrogen (secondary N) is 1. The van der Waals surface area contributed by atoms with Crippen LogP contribution in [0.5, 0.6) is 0 Å². The zero-order valence-corrected chi connectivity index (χ0v) is 9.99. The third-order valence-electron chi connectivity index (χ3n) is 2.72. The molecule has 0 bridgehead atoms. The zero-order chi connectivity index (χ0) is 14.9. The lowest BCUT2D eigenvalue weighted by molar-refractivity contribution is -0.138. The molecule has 0 unspecified atom stereocenters. The lowest BCUT2D eigenvalue weighted by Gasteiger charge is -2.09. The lowest BCUT2D eigenvalue weighted by atomic mass is 10.1. The standard InChI is InChI=1S/C12H9F3N2O3/c13-12(14,15)6-1-2-8-7(5-6)9(3-4-10(18)19)17-11(20)16-8/h1-2,5H,3-4H2,(H,18,19)(H,16,17,20). The van der Waals surface area contributed by atoms with Crippen molar-refractivity contribution in [3.8, 4) is 0 Å². The number of aromatic amines is 1. The predicted molar refractivity (Wildman–Crippen MR) is 63.3 cm³/mol. The maximum atomic E-state index is 12.7. The first kappa shape index (κ1) is 14.0. The highest BCUT2D eigenvalue weighted by molar-refractivity contribution is 5.82. The maximum Gasteiger partial charge on any atom is 0.416 e. The molecule has 0 atom stereocenters. The third kappa shape index (κ3) is 2.95. The van der Waals surface area contributed by atoms with Crippen LogP contribution in [0.25, 0.3) is 10.9 Å². The molecule has 2 N–H and O–H groups in total. The number of rotatable bonds is 3. The van der Waals surface area contributed by atoms with E-state index in [-0.39, 0.29) is 29.4 Å².